The van der Waals surface area contributed by atoms with Gasteiger partial charge in [-0.15, -0.1) is 0 Å². The van der Waals surface area contributed by atoms with E-state index in [2.05, 4.69) is 13.8 Å². The Balaban J connectivity index is 2.36. The molecule has 0 spiro atoms. The van der Waals surface area contributed by atoms with Crippen LogP contribution in [-0.2, 0) is 16.0 Å². The van der Waals surface area contributed by atoms with Crippen molar-refractivity contribution in [3.63, 3.8) is 0 Å². The highest BCUT2D eigenvalue weighted by Gasteiger charge is 2.17. The second-order valence-electron chi connectivity index (χ2n) is 5.72. The van der Waals surface area contributed by atoms with Gasteiger partial charge in [0.15, 0.2) is 0 Å². The summed E-state index contributed by atoms with van der Waals surface area (Å²) in [5.74, 6) is 0.194. The summed E-state index contributed by atoms with van der Waals surface area (Å²) in [6, 6.07) is 9.25. The molecular weight excluding hydrogens is 262 g/mol. The quantitative estimate of drug-likeness (QED) is 0.669. The zero-order valence-electron chi connectivity index (χ0n) is 13.4. The van der Waals surface area contributed by atoms with Crippen LogP contribution in [-0.4, -0.2) is 18.6 Å². The van der Waals surface area contributed by atoms with Crippen molar-refractivity contribution in [3.8, 4) is 0 Å². The number of hydrogen-bond acceptors (Lipinski definition) is 3. The Kier molecular flexibility index (Phi) is 8.76. The van der Waals surface area contributed by atoms with Crippen LogP contribution in [0.1, 0.15) is 51.5 Å². The first-order chi connectivity index (χ1) is 10.2. The molecule has 1 aromatic carbocycles. The van der Waals surface area contributed by atoms with Gasteiger partial charge in [-0.05, 0) is 30.7 Å². The van der Waals surface area contributed by atoms with Crippen molar-refractivity contribution in [3.05, 3.63) is 35.9 Å². The van der Waals surface area contributed by atoms with Gasteiger partial charge in [0, 0.05) is 0 Å². The number of nitrogens with two attached hydrogens (primary N) is 1. The summed E-state index contributed by atoms with van der Waals surface area (Å²) in [7, 11) is 0. The number of carbonyl (C=O) groups excluding carboxylic acids is 1. The molecule has 1 aromatic rings. The fourth-order valence-electron chi connectivity index (χ4n) is 2.47. The van der Waals surface area contributed by atoms with E-state index in [-0.39, 0.29) is 5.97 Å². The molecule has 0 heterocycles. The molecule has 0 radical (unpaired) electrons. The van der Waals surface area contributed by atoms with Crippen LogP contribution in [0, 0.1) is 5.92 Å². The standard InChI is InChI=1S/C18H29NO2/c1-3-5-10-16(9-4-2)14-21-18(20)17(19)13-15-11-7-6-8-12-15/h6-8,11-12,16-17H,3-5,9-10,13-14,19H2,1-2H3. The van der Waals surface area contributed by atoms with Crippen LogP contribution in [0.25, 0.3) is 0 Å². The Morgan fingerprint density at radius 2 is 1.86 bits per heavy atom. The maximum Gasteiger partial charge on any atom is 0.323 e. The fourth-order valence-corrected chi connectivity index (χ4v) is 2.47. The Labute approximate surface area is 128 Å². The van der Waals surface area contributed by atoms with Crippen LogP contribution in [0.5, 0.6) is 0 Å². The van der Waals surface area contributed by atoms with E-state index < -0.39 is 6.04 Å². The third-order valence-electron chi connectivity index (χ3n) is 3.73. The summed E-state index contributed by atoms with van der Waals surface area (Å²) in [4.78, 5) is 12.0. The molecule has 0 saturated carbocycles. The maximum atomic E-state index is 12.0. The largest absolute Gasteiger partial charge is 0.464 e. The molecule has 2 unspecified atom stereocenters. The number of ether oxygens (including phenoxy) is 1. The summed E-state index contributed by atoms with van der Waals surface area (Å²) in [6.07, 6.45) is 6.28. The molecule has 2 N–H and O–H groups in total. The van der Waals surface area contributed by atoms with E-state index >= 15 is 0 Å². The number of carbonyl (C=O) groups is 1. The van der Waals surface area contributed by atoms with Gasteiger partial charge in [0.2, 0.25) is 0 Å². The normalized spacial score (nSPS) is 13.7. The summed E-state index contributed by atoms with van der Waals surface area (Å²) in [5.41, 5.74) is 7.00. The molecular formula is C18H29NO2. The topological polar surface area (TPSA) is 52.3 Å². The van der Waals surface area contributed by atoms with E-state index in [1.165, 1.54) is 12.8 Å². The van der Waals surface area contributed by atoms with Crippen molar-refractivity contribution in [2.24, 2.45) is 11.7 Å². The molecule has 21 heavy (non-hydrogen) atoms. The molecule has 118 valence electrons. The Bertz CT molecular complexity index is 391. The van der Waals surface area contributed by atoms with E-state index in [4.69, 9.17) is 10.5 Å². The average molecular weight is 291 g/mol. The Morgan fingerprint density at radius 3 is 2.48 bits per heavy atom. The molecule has 3 nitrogen and oxygen atoms in total. The van der Waals surface area contributed by atoms with Gasteiger partial charge < -0.3 is 10.5 Å². The van der Waals surface area contributed by atoms with Gasteiger partial charge >= 0.3 is 5.97 Å². The summed E-state index contributed by atoms with van der Waals surface area (Å²) >= 11 is 0. The number of hydrogen-bond donors (Lipinski definition) is 1. The van der Waals surface area contributed by atoms with Crippen LogP contribution >= 0.6 is 0 Å². The van der Waals surface area contributed by atoms with Gasteiger partial charge in [-0.1, -0.05) is 63.4 Å². The second-order valence-corrected chi connectivity index (χ2v) is 5.72. The van der Waals surface area contributed by atoms with Crippen LogP contribution in [0.2, 0.25) is 0 Å². The highest BCUT2D eigenvalue weighted by atomic mass is 16.5. The minimum Gasteiger partial charge on any atom is -0.464 e. The lowest BCUT2D eigenvalue weighted by Gasteiger charge is -2.18. The number of benzene rings is 1. The molecule has 0 saturated heterocycles. The third-order valence-corrected chi connectivity index (χ3v) is 3.73. The van der Waals surface area contributed by atoms with Crippen LogP contribution in [0.3, 0.4) is 0 Å². The monoisotopic (exact) mass is 291 g/mol. The first-order valence-corrected chi connectivity index (χ1v) is 8.13. The lowest BCUT2D eigenvalue weighted by atomic mass is 9.98. The van der Waals surface area contributed by atoms with Gasteiger partial charge in [0.25, 0.3) is 0 Å². The first-order valence-electron chi connectivity index (χ1n) is 8.13. The van der Waals surface area contributed by atoms with E-state index in [0.717, 1.165) is 24.8 Å². The molecule has 0 aliphatic carbocycles. The second kappa shape index (κ2) is 10.4. The van der Waals surface area contributed by atoms with E-state index in [0.29, 0.717) is 18.9 Å². The van der Waals surface area contributed by atoms with Gasteiger partial charge in [-0.2, -0.15) is 0 Å². The molecule has 2 atom stereocenters. The van der Waals surface area contributed by atoms with Crippen molar-refractivity contribution in [1.82, 2.24) is 0 Å². The predicted octanol–water partition coefficient (Wildman–Crippen LogP) is 3.71. The minimum absolute atomic E-state index is 0.281. The maximum absolute atomic E-state index is 12.0. The Morgan fingerprint density at radius 1 is 1.14 bits per heavy atom. The Hall–Kier alpha value is -1.35. The SMILES string of the molecule is CCCCC(CCC)COC(=O)C(N)Cc1ccccc1. The van der Waals surface area contributed by atoms with Crippen LogP contribution in [0.15, 0.2) is 30.3 Å². The number of esters is 1. The zero-order valence-corrected chi connectivity index (χ0v) is 13.4. The lowest BCUT2D eigenvalue weighted by Crippen LogP contribution is -2.35. The smallest absolute Gasteiger partial charge is 0.323 e. The van der Waals surface area contributed by atoms with Gasteiger partial charge in [-0.3, -0.25) is 4.79 Å². The van der Waals surface area contributed by atoms with Crippen molar-refractivity contribution in [2.75, 3.05) is 6.61 Å². The molecule has 0 bridgehead atoms. The third kappa shape index (κ3) is 7.28. The zero-order chi connectivity index (χ0) is 15.5. The van der Waals surface area contributed by atoms with Gasteiger partial charge in [-0.25, -0.2) is 0 Å². The van der Waals surface area contributed by atoms with Crippen molar-refractivity contribution in [1.29, 1.82) is 0 Å². The molecule has 3 heteroatoms. The highest BCUT2D eigenvalue weighted by molar-refractivity contribution is 5.75. The van der Waals surface area contributed by atoms with Crippen molar-refractivity contribution in [2.45, 2.75) is 58.4 Å². The van der Waals surface area contributed by atoms with Crippen molar-refractivity contribution >= 4 is 5.97 Å². The summed E-state index contributed by atoms with van der Waals surface area (Å²) in [6.45, 7) is 4.86. The van der Waals surface area contributed by atoms with Gasteiger partial charge in [0.1, 0.15) is 6.04 Å². The van der Waals surface area contributed by atoms with E-state index in [9.17, 15) is 4.79 Å². The molecule has 0 aliphatic heterocycles. The van der Waals surface area contributed by atoms with Gasteiger partial charge in [0.05, 0.1) is 6.61 Å². The minimum atomic E-state index is -0.569. The van der Waals surface area contributed by atoms with Crippen molar-refractivity contribution < 1.29 is 9.53 Å². The molecule has 1 rings (SSSR count). The first kappa shape index (κ1) is 17.7. The summed E-state index contributed by atoms with van der Waals surface area (Å²) < 4.78 is 5.42. The molecule has 0 aliphatic rings. The number of unbranched alkanes of at least 4 members (excludes halogenated alkanes) is 1. The summed E-state index contributed by atoms with van der Waals surface area (Å²) in [5, 5.41) is 0. The molecule has 0 aromatic heterocycles. The molecule has 0 fully saturated rings. The fraction of sp³-hybridized carbons (Fsp3) is 0.611. The van der Waals surface area contributed by atoms with E-state index in [1.54, 1.807) is 0 Å². The van der Waals surface area contributed by atoms with Crippen LogP contribution < -0.4 is 5.73 Å². The van der Waals surface area contributed by atoms with Crippen LogP contribution in [0.4, 0.5) is 0 Å². The number of rotatable bonds is 10. The molecule has 0 amide bonds. The average Bonchev–Trinajstić information content (AvgIpc) is 2.50. The van der Waals surface area contributed by atoms with E-state index in [1.807, 2.05) is 30.3 Å². The predicted molar refractivity (Wildman–Crippen MR) is 87.0 cm³/mol. The highest BCUT2D eigenvalue weighted by Crippen LogP contribution is 2.15. The lowest BCUT2D eigenvalue weighted by molar-refractivity contribution is -0.146.